The van der Waals surface area contributed by atoms with E-state index in [0.717, 1.165) is 37.0 Å². The molecule has 5 nitrogen and oxygen atoms in total. The molecule has 0 radical (unpaired) electrons. The normalized spacial score (nSPS) is 16.1. The molecule has 0 saturated heterocycles. The average Bonchev–Trinajstić information content (AvgIpc) is 3.24. The van der Waals surface area contributed by atoms with Crippen molar-refractivity contribution in [3.05, 3.63) is 42.2 Å². The summed E-state index contributed by atoms with van der Waals surface area (Å²) in [4.78, 5) is 12.2. The summed E-state index contributed by atoms with van der Waals surface area (Å²) in [7, 11) is 1.62. The number of rotatable bonds is 6. The fraction of sp³-hybridized carbons (Fsp3) is 0.421. The van der Waals surface area contributed by atoms with Gasteiger partial charge < -0.3 is 19.6 Å². The van der Waals surface area contributed by atoms with E-state index in [0.29, 0.717) is 18.7 Å². The van der Waals surface area contributed by atoms with Crippen molar-refractivity contribution >= 4 is 5.91 Å². The molecular formula is C19H23NO4. The monoisotopic (exact) mass is 329 g/mol. The summed E-state index contributed by atoms with van der Waals surface area (Å²) in [5.74, 6) is 1.43. The molecular weight excluding hydrogens is 306 g/mol. The molecule has 1 amide bonds. The van der Waals surface area contributed by atoms with Crippen LogP contribution < -0.4 is 10.1 Å². The van der Waals surface area contributed by atoms with E-state index in [2.05, 4.69) is 5.32 Å². The third-order valence-electron chi connectivity index (χ3n) is 4.61. The van der Waals surface area contributed by atoms with E-state index in [1.165, 1.54) is 0 Å². The van der Waals surface area contributed by atoms with Crippen molar-refractivity contribution in [3.8, 4) is 17.1 Å². The summed E-state index contributed by atoms with van der Waals surface area (Å²) >= 11 is 0. The second-order valence-corrected chi connectivity index (χ2v) is 6.33. The van der Waals surface area contributed by atoms with Crippen LogP contribution in [0.2, 0.25) is 0 Å². The van der Waals surface area contributed by atoms with E-state index >= 15 is 0 Å². The molecule has 3 rings (SSSR count). The summed E-state index contributed by atoms with van der Waals surface area (Å²) in [5.41, 5.74) is 0.278. The molecule has 1 fully saturated rings. The Morgan fingerprint density at radius 3 is 2.58 bits per heavy atom. The first-order chi connectivity index (χ1) is 11.6. The second kappa shape index (κ2) is 7.09. The van der Waals surface area contributed by atoms with E-state index in [1.807, 2.05) is 24.3 Å². The van der Waals surface area contributed by atoms with Crippen molar-refractivity contribution in [2.75, 3.05) is 13.7 Å². The van der Waals surface area contributed by atoms with Crippen LogP contribution in [0.4, 0.5) is 0 Å². The molecule has 24 heavy (non-hydrogen) atoms. The molecule has 1 heterocycles. The van der Waals surface area contributed by atoms with Gasteiger partial charge in [-0.1, -0.05) is 12.8 Å². The average molecular weight is 329 g/mol. The van der Waals surface area contributed by atoms with Gasteiger partial charge in [0, 0.05) is 12.1 Å². The van der Waals surface area contributed by atoms with Crippen LogP contribution in [-0.4, -0.2) is 30.3 Å². The number of furan rings is 1. The molecule has 2 aromatic rings. The van der Waals surface area contributed by atoms with Crippen molar-refractivity contribution in [1.82, 2.24) is 5.32 Å². The number of carbonyl (C=O) groups excluding carboxylic acids is 1. The Morgan fingerprint density at radius 1 is 1.21 bits per heavy atom. The molecule has 1 aromatic heterocycles. The third kappa shape index (κ3) is 3.79. The summed E-state index contributed by atoms with van der Waals surface area (Å²) in [6, 6.07) is 10.9. The Labute approximate surface area is 141 Å². The Kier molecular flexibility index (Phi) is 4.90. The summed E-state index contributed by atoms with van der Waals surface area (Å²) < 4.78 is 10.8. The molecule has 0 aliphatic heterocycles. The topological polar surface area (TPSA) is 71.7 Å². The Balaban J connectivity index is 1.56. The molecule has 128 valence electrons. The molecule has 2 N–H and O–H groups in total. The number of aliphatic hydroxyl groups is 1. The molecule has 0 atom stereocenters. The lowest BCUT2D eigenvalue weighted by atomic mass is 9.98. The van der Waals surface area contributed by atoms with Gasteiger partial charge in [0.2, 0.25) is 0 Å². The Hall–Kier alpha value is -2.27. The minimum Gasteiger partial charge on any atom is -0.497 e. The van der Waals surface area contributed by atoms with E-state index in [4.69, 9.17) is 9.15 Å². The summed E-state index contributed by atoms with van der Waals surface area (Å²) in [5, 5.41) is 13.1. The van der Waals surface area contributed by atoms with Gasteiger partial charge in [-0.25, -0.2) is 0 Å². The number of amides is 1. The van der Waals surface area contributed by atoms with Crippen LogP contribution in [-0.2, 0) is 0 Å². The first-order valence-electron chi connectivity index (χ1n) is 8.34. The highest BCUT2D eigenvalue weighted by Crippen LogP contribution is 2.31. The van der Waals surface area contributed by atoms with Gasteiger partial charge in [-0.2, -0.15) is 0 Å². The van der Waals surface area contributed by atoms with E-state index in [1.54, 1.807) is 19.2 Å². The summed E-state index contributed by atoms with van der Waals surface area (Å²) in [6.45, 7) is 0.452. The van der Waals surface area contributed by atoms with Gasteiger partial charge in [-0.3, -0.25) is 4.79 Å². The van der Waals surface area contributed by atoms with Crippen molar-refractivity contribution in [2.45, 2.75) is 37.7 Å². The standard InChI is InChI=1S/C19H23NO4/c1-23-15-6-4-14(5-7-15)16-8-9-17(24-16)18(21)20-13-12-19(22)10-2-3-11-19/h4-9,22H,2-3,10-13H2,1H3,(H,20,21). The lowest BCUT2D eigenvalue weighted by molar-refractivity contribution is 0.0388. The zero-order valence-electron chi connectivity index (χ0n) is 13.9. The van der Waals surface area contributed by atoms with Crippen LogP contribution in [0.3, 0.4) is 0 Å². The zero-order valence-corrected chi connectivity index (χ0v) is 13.9. The van der Waals surface area contributed by atoms with Crippen molar-refractivity contribution in [3.63, 3.8) is 0 Å². The highest BCUT2D eigenvalue weighted by atomic mass is 16.5. The van der Waals surface area contributed by atoms with Gasteiger partial charge in [-0.05, 0) is 55.7 Å². The minimum atomic E-state index is -0.606. The van der Waals surface area contributed by atoms with Gasteiger partial charge in [0.05, 0.1) is 12.7 Å². The van der Waals surface area contributed by atoms with E-state index < -0.39 is 5.60 Å². The number of nitrogens with one attached hydrogen (secondary N) is 1. The Morgan fingerprint density at radius 2 is 1.92 bits per heavy atom. The lowest BCUT2D eigenvalue weighted by Gasteiger charge is -2.21. The molecule has 5 heteroatoms. The number of benzene rings is 1. The van der Waals surface area contributed by atoms with E-state index in [9.17, 15) is 9.90 Å². The number of hydrogen-bond donors (Lipinski definition) is 2. The number of methoxy groups -OCH3 is 1. The molecule has 1 aliphatic carbocycles. The predicted octanol–water partition coefficient (Wildman–Crippen LogP) is 3.38. The molecule has 0 spiro atoms. The smallest absolute Gasteiger partial charge is 0.287 e. The maximum absolute atomic E-state index is 12.2. The van der Waals surface area contributed by atoms with Gasteiger partial charge in [0.1, 0.15) is 11.5 Å². The first-order valence-corrected chi connectivity index (χ1v) is 8.34. The second-order valence-electron chi connectivity index (χ2n) is 6.33. The van der Waals surface area contributed by atoms with Crippen molar-refractivity contribution in [1.29, 1.82) is 0 Å². The highest BCUT2D eigenvalue weighted by Gasteiger charge is 2.30. The van der Waals surface area contributed by atoms with Crippen LogP contribution in [0, 0.1) is 0 Å². The minimum absolute atomic E-state index is 0.253. The molecule has 0 bridgehead atoms. The van der Waals surface area contributed by atoms with Crippen LogP contribution >= 0.6 is 0 Å². The van der Waals surface area contributed by atoms with Crippen LogP contribution in [0.15, 0.2) is 40.8 Å². The van der Waals surface area contributed by atoms with Crippen molar-refractivity contribution in [2.24, 2.45) is 0 Å². The highest BCUT2D eigenvalue weighted by molar-refractivity contribution is 5.92. The van der Waals surface area contributed by atoms with Crippen LogP contribution in [0.1, 0.15) is 42.7 Å². The lowest BCUT2D eigenvalue weighted by Crippen LogP contribution is -2.32. The predicted molar refractivity (Wildman–Crippen MR) is 91.1 cm³/mol. The maximum Gasteiger partial charge on any atom is 0.287 e. The van der Waals surface area contributed by atoms with Crippen molar-refractivity contribution < 1.29 is 19.1 Å². The SMILES string of the molecule is COc1ccc(-c2ccc(C(=O)NCCC3(O)CCCC3)o2)cc1. The van der Waals surface area contributed by atoms with Gasteiger partial charge in [0.25, 0.3) is 5.91 Å². The van der Waals surface area contributed by atoms with Gasteiger partial charge in [0.15, 0.2) is 5.76 Å². The van der Waals surface area contributed by atoms with Gasteiger partial charge >= 0.3 is 0 Å². The largest absolute Gasteiger partial charge is 0.497 e. The Bertz CT molecular complexity index is 684. The number of ether oxygens (including phenoxy) is 1. The summed E-state index contributed by atoms with van der Waals surface area (Å²) in [6.07, 6.45) is 4.36. The first kappa shape index (κ1) is 16.6. The maximum atomic E-state index is 12.2. The fourth-order valence-corrected chi connectivity index (χ4v) is 3.15. The van der Waals surface area contributed by atoms with Gasteiger partial charge in [-0.15, -0.1) is 0 Å². The molecule has 0 unspecified atom stereocenters. The van der Waals surface area contributed by atoms with Crippen LogP contribution in [0.5, 0.6) is 5.75 Å². The number of hydrogen-bond acceptors (Lipinski definition) is 4. The quantitative estimate of drug-likeness (QED) is 0.852. The third-order valence-corrected chi connectivity index (χ3v) is 4.61. The molecule has 1 aliphatic rings. The zero-order chi connectivity index (χ0) is 17.0. The molecule has 1 aromatic carbocycles. The molecule has 1 saturated carbocycles. The van der Waals surface area contributed by atoms with E-state index in [-0.39, 0.29) is 11.7 Å². The fourth-order valence-electron chi connectivity index (χ4n) is 3.15. The van der Waals surface area contributed by atoms with Crippen LogP contribution in [0.25, 0.3) is 11.3 Å². The number of carbonyl (C=O) groups is 1.